The maximum absolute atomic E-state index is 12.3. The second-order valence-corrected chi connectivity index (χ2v) is 6.95. The van der Waals surface area contributed by atoms with E-state index < -0.39 is 4.92 Å². The summed E-state index contributed by atoms with van der Waals surface area (Å²) in [5.41, 5.74) is 2.96. The summed E-state index contributed by atoms with van der Waals surface area (Å²) in [5, 5.41) is 17.4. The zero-order chi connectivity index (χ0) is 19.4. The number of nitrogens with zero attached hydrogens (tertiary/aromatic N) is 2. The molecule has 3 rings (SSSR count). The SMILES string of the molecule is Cc1ccc([N+](=O)[O-])cc1NC(=O)CNc1cc(Cl)ccc1N1CCCC1. The minimum absolute atomic E-state index is 0.0311. The summed E-state index contributed by atoms with van der Waals surface area (Å²) < 4.78 is 0. The number of nitrogens with one attached hydrogen (secondary N) is 2. The van der Waals surface area contributed by atoms with Crippen LogP contribution in [0.25, 0.3) is 0 Å². The van der Waals surface area contributed by atoms with Gasteiger partial charge in [-0.2, -0.15) is 0 Å². The van der Waals surface area contributed by atoms with Crippen LogP contribution in [-0.2, 0) is 4.79 Å². The van der Waals surface area contributed by atoms with Crippen LogP contribution in [0.3, 0.4) is 0 Å². The quantitative estimate of drug-likeness (QED) is 0.571. The molecule has 2 aromatic carbocycles. The number of carbonyl (C=O) groups excluding carboxylic acids is 1. The highest BCUT2D eigenvalue weighted by Crippen LogP contribution is 2.31. The Morgan fingerprint density at radius 3 is 2.63 bits per heavy atom. The average Bonchev–Trinajstić information content (AvgIpc) is 3.16. The van der Waals surface area contributed by atoms with E-state index in [1.165, 1.54) is 12.1 Å². The Bertz CT molecular complexity index is 866. The zero-order valence-electron chi connectivity index (χ0n) is 15.0. The molecule has 1 fully saturated rings. The van der Waals surface area contributed by atoms with Gasteiger partial charge in [0.1, 0.15) is 0 Å². The third kappa shape index (κ3) is 4.68. The van der Waals surface area contributed by atoms with Crippen molar-refractivity contribution in [1.82, 2.24) is 0 Å². The number of non-ortho nitro benzene ring substituents is 1. The van der Waals surface area contributed by atoms with E-state index in [9.17, 15) is 14.9 Å². The van der Waals surface area contributed by atoms with Crippen molar-refractivity contribution in [3.63, 3.8) is 0 Å². The van der Waals surface area contributed by atoms with Crippen molar-refractivity contribution in [2.45, 2.75) is 19.8 Å². The minimum atomic E-state index is -0.484. The van der Waals surface area contributed by atoms with Crippen molar-refractivity contribution in [3.05, 3.63) is 57.1 Å². The van der Waals surface area contributed by atoms with Gasteiger partial charge >= 0.3 is 0 Å². The number of hydrogen-bond acceptors (Lipinski definition) is 5. The lowest BCUT2D eigenvalue weighted by Gasteiger charge is -2.22. The fourth-order valence-corrected chi connectivity index (χ4v) is 3.28. The summed E-state index contributed by atoms with van der Waals surface area (Å²) in [5.74, 6) is -0.286. The van der Waals surface area contributed by atoms with Gasteiger partial charge in [-0.1, -0.05) is 17.7 Å². The molecule has 0 atom stereocenters. The predicted octanol–water partition coefficient (Wildman–Crippen LogP) is 4.21. The molecule has 27 heavy (non-hydrogen) atoms. The van der Waals surface area contributed by atoms with Gasteiger partial charge < -0.3 is 15.5 Å². The number of amides is 1. The Morgan fingerprint density at radius 2 is 1.93 bits per heavy atom. The fourth-order valence-electron chi connectivity index (χ4n) is 3.11. The second kappa shape index (κ2) is 8.26. The Balaban J connectivity index is 1.68. The number of anilines is 3. The number of carbonyl (C=O) groups is 1. The summed E-state index contributed by atoms with van der Waals surface area (Å²) in [6, 6.07) is 10.00. The highest BCUT2D eigenvalue weighted by atomic mass is 35.5. The van der Waals surface area contributed by atoms with E-state index in [0.717, 1.165) is 42.9 Å². The molecular weight excluding hydrogens is 368 g/mol. The van der Waals surface area contributed by atoms with Crippen molar-refractivity contribution in [1.29, 1.82) is 0 Å². The largest absolute Gasteiger partial charge is 0.374 e. The molecule has 0 radical (unpaired) electrons. The minimum Gasteiger partial charge on any atom is -0.374 e. The monoisotopic (exact) mass is 388 g/mol. The predicted molar refractivity (Wildman–Crippen MR) is 108 cm³/mol. The van der Waals surface area contributed by atoms with Crippen molar-refractivity contribution in [2.75, 3.05) is 35.2 Å². The normalized spacial score (nSPS) is 13.5. The number of nitro groups is 1. The first kappa shape index (κ1) is 19.0. The van der Waals surface area contributed by atoms with Crippen molar-refractivity contribution in [2.24, 2.45) is 0 Å². The molecule has 1 aliphatic rings. The summed E-state index contributed by atoms with van der Waals surface area (Å²) >= 11 is 6.11. The van der Waals surface area contributed by atoms with Gasteiger partial charge in [-0.25, -0.2) is 0 Å². The van der Waals surface area contributed by atoms with Crippen LogP contribution in [0.15, 0.2) is 36.4 Å². The van der Waals surface area contributed by atoms with E-state index in [2.05, 4.69) is 15.5 Å². The van der Waals surface area contributed by atoms with Crippen LogP contribution in [-0.4, -0.2) is 30.5 Å². The summed E-state index contributed by atoms with van der Waals surface area (Å²) in [6.45, 7) is 3.78. The highest BCUT2D eigenvalue weighted by Gasteiger charge is 2.17. The van der Waals surface area contributed by atoms with Crippen molar-refractivity contribution >= 4 is 40.3 Å². The lowest BCUT2D eigenvalue weighted by Crippen LogP contribution is -2.24. The van der Waals surface area contributed by atoms with Gasteiger partial charge in [0.05, 0.1) is 28.5 Å². The van der Waals surface area contributed by atoms with Gasteiger partial charge in [-0.3, -0.25) is 14.9 Å². The highest BCUT2D eigenvalue weighted by molar-refractivity contribution is 6.31. The molecule has 2 N–H and O–H groups in total. The van der Waals surface area contributed by atoms with E-state index in [0.29, 0.717) is 10.7 Å². The van der Waals surface area contributed by atoms with E-state index in [1.807, 2.05) is 12.1 Å². The van der Waals surface area contributed by atoms with Crippen LogP contribution in [0.5, 0.6) is 0 Å². The molecule has 1 saturated heterocycles. The number of aryl methyl sites for hydroxylation is 1. The maximum atomic E-state index is 12.3. The van der Waals surface area contributed by atoms with Gasteiger partial charge in [0.2, 0.25) is 5.91 Å². The lowest BCUT2D eigenvalue weighted by molar-refractivity contribution is -0.384. The molecule has 0 saturated carbocycles. The molecular formula is C19H21ClN4O3. The Morgan fingerprint density at radius 1 is 1.19 bits per heavy atom. The van der Waals surface area contributed by atoms with Gasteiger partial charge in [0.15, 0.2) is 0 Å². The Labute approximate surface area is 162 Å². The van der Waals surface area contributed by atoms with Crippen molar-refractivity contribution < 1.29 is 9.72 Å². The van der Waals surface area contributed by atoms with E-state index in [-0.39, 0.29) is 18.1 Å². The molecule has 1 amide bonds. The molecule has 142 valence electrons. The van der Waals surface area contributed by atoms with Crippen LogP contribution in [0, 0.1) is 17.0 Å². The van der Waals surface area contributed by atoms with E-state index in [1.54, 1.807) is 19.1 Å². The second-order valence-electron chi connectivity index (χ2n) is 6.51. The zero-order valence-corrected chi connectivity index (χ0v) is 15.8. The average molecular weight is 389 g/mol. The van der Waals surface area contributed by atoms with Crippen molar-refractivity contribution in [3.8, 4) is 0 Å². The number of benzene rings is 2. The molecule has 1 aliphatic heterocycles. The van der Waals surface area contributed by atoms with Gasteiger partial charge in [-0.05, 0) is 43.5 Å². The lowest BCUT2D eigenvalue weighted by atomic mass is 10.2. The van der Waals surface area contributed by atoms with Crippen LogP contribution >= 0.6 is 11.6 Å². The summed E-state index contributed by atoms with van der Waals surface area (Å²) in [4.78, 5) is 25.0. The standard InChI is InChI=1S/C19H21ClN4O3/c1-13-4-6-15(24(26)27)11-16(13)22-19(25)12-21-17-10-14(20)5-7-18(17)23-8-2-3-9-23/h4-7,10-11,21H,2-3,8-9,12H2,1H3,(H,22,25). The molecule has 1 heterocycles. The fraction of sp³-hybridized carbons (Fsp3) is 0.316. The van der Waals surface area contributed by atoms with Gasteiger partial charge in [-0.15, -0.1) is 0 Å². The topological polar surface area (TPSA) is 87.5 Å². The first-order chi connectivity index (χ1) is 12.9. The van der Waals surface area contributed by atoms with E-state index >= 15 is 0 Å². The van der Waals surface area contributed by atoms with Crippen LogP contribution in [0.4, 0.5) is 22.7 Å². The van der Waals surface area contributed by atoms with Crippen LogP contribution in [0.2, 0.25) is 5.02 Å². The maximum Gasteiger partial charge on any atom is 0.271 e. The Kier molecular flexibility index (Phi) is 5.81. The molecule has 0 spiro atoms. The first-order valence-corrected chi connectivity index (χ1v) is 9.15. The number of nitro benzene ring substituents is 1. The molecule has 7 nitrogen and oxygen atoms in total. The molecule has 0 aliphatic carbocycles. The summed E-state index contributed by atoms with van der Waals surface area (Å²) in [7, 11) is 0. The third-order valence-electron chi connectivity index (χ3n) is 4.55. The van der Waals surface area contributed by atoms with Crippen LogP contribution in [0.1, 0.15) is 18.4 Å². The summed E-state index contributed by atoms with van der Waals surface area (Å²) in [6.07, 6.45) is 2.29. The van der Waals surface area contributed by atoms with Gasteiger partial charge in [0.25, 0.3) is 5.69 Å². The number of hydrogen-bond donors (Lipinski definition) is 2. The molecule has 2 aromatic rings. The molecule has 0 unspecified atom stereocenters. The molecule has 8 heteroatoms. The third-order valence-corrected chi connectivity index (χ3v) is 4.79. The van der Waals surface area contributed by atoms with E-state index in [4.69, 9.17) is 11.6 Å². The Hall–Kier alpha value is -2.80. The molecule has 0 aromatic heterocycles. The first-order valence-electron chi connectivity index (χ1n) is 8.77. The molecule has 0 bridgehead atoms. The van der Waals surface area contributed by atoms with Gasteiger partial charge in [0, 0.05) is 30.2 Å². The number of rotatable bonds is 6. The smallest absolute Gasteiger partial charge is 0.271 e. The van der Waals surface area contributed by atoms with Crippen LogP contribution < -0.4 is 15.5 Å². The number of halogens is 1.